The molecule has 1 unspecified atom stereocenters. The smallest absolute Gasteiger partial charge is 0.0431 e. The number of unbranched alkanes of at least 4 members (excludes halogenated alkanes) is 2. The second-order valence-electron chi connectivity index (χ2n) is 3.82. The van der Waals surface area contributed by atoms with Gasteiger partial charge in [-0.3, -0.25) is 0 Å². The first kappa shape index (κ1) is 12.7. The molecule has 1 nitrogen and oxygen atoms in total. The molecule has 0 saturated heterocycles. The van der Waals surface area contributed by atoms with E-state index in [1.807, 2.05) is 0 Å². The summed E-state index contributed by atoms with van der Waals surface area (Å²) in [4.78, 5) is 0. The SMILES string of the molecule is C/C=C/CCCC(C)CCCCO. The van der Waals surface area contributed by atoms with Gasteiger partial charge in [0.1, 0.15) is 0 Å². The summed E-state index contributed by atoms with van der Waals surface area (Å²) in [6.45, 7) is 4.74. The van der Waals surface area contributed by atoms with Gasteiger partial charge in [-0.25, -0.2) is 0 Å². The Morgan fingerprint density at radius 3 is 2.46 bits per heavy atom. The van der Waals surface area contributed by atoms with Gasteiger partial charge in [-0.05, 0) is 32.1 Å². The summed E-state index contributed by atoms with van der Waals surface area (Å²) in [6.07, 6.45) is 11.6. The van der Waals surface area contributed by atoms with E-state index in [9.17, 15) is 0 Å². The fourth-order valence-electron chi connectivity index (χ4n) is 1.50. The van der Waals surface area contributed by atoms with Crippen LogP contribution in [0.3, 0.4) is 0 Å². The maximum Gasteiger partial charge on any atom is 0.0431 e. The zero-order valence-electron chi connectivity index (χ0n) is 9.13. The summed E-state index contributed by atoms with van der Waals surface area (Å²) in [5.74, 6) is 0.830. The van der Waals surface area contributed by atoms with Crippen molar-refractivity contribution in [3.8, 4) is 0 Å². The molecule has 0 radical (unpaired) electrons. The molecule has 0 aromatic carbocycles. The first-order valence-electron chi connectivity index (χ1n) is 5.53. The lowest BCUT2D eigenvalue weighted by atomic mass is 9.98. The fourth-order valence-corrected chi connectivity index (χ4v) is 1.50. The molecule has 0 fully saturated rings. The Bertz CT molecular complexity index is 118. The minimum absolute atomic E-state index is 0.352. The number of aliphatic hydroxyl groups is 1. The van der Waals surface area contributed by atoms with Crippen LogP contribution in [0.2, 0.25) is 0 Å². The number of hydrogen-bond acceptors (Lipinski definition) is 1. The minimum atomic E-state index is 0.352. The molecule has 0 spiro atoms. The molecule has 0 aromatic heterocycles. The molecule has 78 valence electrons. The third-order valence-electron chi connectivity index (χ3n) is 2.41. The summed E-state index contributed by atoms with van der Waals surface area (Å²) in [5.41, 5.74) is 0. The van der Waals surface area contributed by atoms with Crippen molar-refractivity contribution >= 4 is 0 Å². The quantitative estimate of drug-likeness (QED) is 0.452. The lowest BCUT2D eigenvalue weighted by Gasteiger charge is -2.09. The molecular weight excluding hydrogens is 160 g/mol. The Hall–Kier alpha value is -0.300. The average molecular weight is 184 g/mol. The van der Waals surface area contributed by atoms with Crippen LogP contribution in [0, 0.1) is 5.92 Å². The van der Waals surface area contributed by atoms with E-state index in [2.05, 4.69) is 26.0 Å². The van der Waals surface area contributed by atoms with Gasteiger partial charge in [-0.2, -0.15) is 0 Å². The van der Waals surface area contributed by atoms with Gasteiger partial charge in [0.15, 0.2) is 0 Å². The predicted molar refractivity (Wildman–Crippen MR) is 58.8 cm³/mol. The van der Waals surface area contributed by atoms with Gasteiger partial charge in [0.05, 0.1) is 0 Å². The van der Waals surface area contributed by atoms with Crippen LogP contribution in [0.1, 0.15) is 52.4 Å². The van der Waals surface area contributed by atoms with Crippen LogP contribution >= 0.6 is 0 Å². The van der Waals surface area contributed by atoms with Crippen molar-refractivity contribution in [2.24, 2.45) is 5.92 Å². The van der Waals surface area contributed by atoms with Crippen LogP contribution in [-0.2, 0) is 0 Å². The largest absolute Gasteiger partial charge is 0.396 e. The second-order valence-corrected chi connectivity index (χ2v) is 3.82. The maximum atomic E-state index is 8.62. The maximum absolute atomic E-state index is 8.62. The monoisotopic (exact) mass is 184 g/mol. The van der Waals surface area contributed by atoms with Crippen molar-refractivity contribution in [1.29, 1.82) is 0 Å². The zero-order valence-corrected chi connectivity index (χ0v) is 9.13. The average Bonchev–Trinajstić information content (AvgIpc) is 2.13. The third-order valence-corrected chi connectivity index (χ3v) is 2.41. The summed E-state index contributed by atoms with van der Waals surface area (Å²) < 4.78 is 0. The Labute approximate surface area is 82.9 Å². The fraction of sp³-hybridized carbons (Fsp3) is 0.833. The van der Waals surface area contributed by atoms with E-state index >= 15 is 0 Å². The van der Waals surface area contributed by atoms with Crippen LogP contribution in [-0.4, -0.2) is 11.7 Å². The molecule has 0 saturated carbocycles. The van der Waals surface area contributed by atoms with Gasteiger partial charge in [-0.15, -0.1) is 0 Å². The van der Waals surface area contributed by atoms with Crippen molar-refractivity contribution in [2.45, 2.75) is 52.4 Å². The molecule has 0 aromatic rings. The van der Waals surface area contributed by atoms with E-state index in [-0.39, 0.29) is 0 Å². The molecule has 1 N–H and O–H groups in total. The summed E-state index contributed by atoms with van der Waals surface area (Å²) in [7, 11) is 0. The Balaban J connectivity index is 3.14. The Morgan fingerprint density at radius 2 is 1.85 bits per heavy atom. The van der Waals surface area contributed by atoms with E-state index in [1.165, 1.54) is 32.1 Å². The zero-order chi connectivity index (χ0) is 9.94. The topological polar surface area (TPSA) is 20.2 Å². The highest BCUT2D eigenvalue weighted by molar-refractivity contribution is 4.76. The Morgan fingerprint density at radius 1 is 1.15 bits per heavy atom. The van der Waals surface area contributed by atoms with E-state index in [4.69, 9.17) is 5.11 Å². The number of hydrogen-bond donors (Lipinski definition) is 1. The molecule has 13 heavy (non-hydrogen) atoms. The van der Waals surface area contributed by atoms with Gasteiger partial charge in [-0.1, -0.05) is 38.3 Å². The lowest BCUT2D eigenvalue weighted by molar-refractivity contribution is 0.277. The molecule has 0 aliphatic rings. The highest BCUT2D eigenvalue weighted by Crippen LogP contribution is 2.14. The Kier molecular flexibility index (Phi) is 9.56. The van der Waals surface area contributed by atoms with Crippen molar-refractivity contribution in [1.82, 2.24) is 0 Å². The number of rotatable bonds is 8. The molecule has 1 atom stereocenters. The first-order chi connectivity index (χ1) is 6.31. The second kappa shape index (κ2) is 9.79. The van der Waals surface area contributed by atoms with Crippen molar-refractivity contribution in [3.05, 3.63) is 12.2 Å². The predicted octanol–water partition coefficient (Wildman–Crippen LogP) is 3.53. The molecule has 0 rings (SSSR count). The van der Waals surface area contributed by atoms with Crippen LogP contribution in [0.5, 0.6) is 0 Å². The molecule has 0 aliphatic carbocycles. The molecule has 0 heterocycles. The lowest BCUT2D eigenvalue weighted by Crippen LogP contribution is -1.95. The van der Waals surface area contributed by atoms with Gasteiger partial charge in [0.25, 0.3) is 0 Å². The van der Waals surface area contributed by atoms with Crippen LogP contribution < -0.4 is 0 Å². The minimum Gasteiger partial charge on any atom is -0.396 e. The molecule has 1 heteroatoms. The van der Waals surface area contributed by atoms with Gasteiger partial charge in [0.2, 0.25) is 0 Å². The van der Waals surface area contributed by atoms with Gasteiger partial charge < -0.3 is 5.11 Å². The van der Waals surface area contributed by atoms with E-state index in [0.717, 1.165) is 12.3 Å². The van der Waals surface area contributed by atoms with Crippen LogP contribution in [0.4, 0.5) is 0 Å². The van der Waals surface area contributed by atoms with Crippen molar-refractivity contribution in [2.75, 3.05) is 6.61 Å². The number of allylic oxidation sites excluding steroid dienone is 2. The van der Waals surface area contributed by atoms with Crippen LogP contribution in [0.25, 0.3) is 0 Å². The first-order valence-corrected chi connectivity index (χ1v) is 5.53. The van der Waals surface area contributed by atoms with E-state index in [1.54, 1.807) is 0 Å². The van der Waals surface area contributed by atoms with Crippen molar-refractivity contribution in [3.63, 3.8) is 0 Å². The van der Waals surface area contributed by atoms with Gasteiger partial charge >= 0.3 is 0 Å². The molecule has 0 aliphatic heterocycles. The highest BCUT2D eigenvalue weighted by atomic mass is 16.2. The van der Waals surface area contributed by atoms with Crippen molar-refractivity contribution < 1.29 is 5.11 Å². The standard InChI is InChI=1S/C12H24O/c1-3-4-5-6-9-12(2)10-7-8-11-13/h3-4,12-13H,5-11H2,1-2H3/b4-3+. The molecule has 0 amide bonds. The molecular formula is C12H24O. The molecule has 0 bridgehead atoms. The summed E-state index contributed by atoms with van der Waals surface area (Å²) >= 11 is 0. The van der Waals surface area contributed by atoms with Crippen LogP contribution in [0.15, 0.2) is 12.2 Å². The van der Waals surface area contributed by atoms with E-state index < -0.39 is 0 Å². The number of aliphatic hydroxyl groups excluding tert-OH is 1. The van der Waals surface area contributed by atoms with Gasteiger partial charge in [0, 0.05) is 6.61 Å². The summed E-state index contributed by atoms with van der Waals surface area (Å²) in [5, 5.41) is 8.62. The normalized spacial score (nSPS) is 13.8. The summed E-state index contributed by atoms with van der Waals surface area (Å²) in [6, 6.07) is 0. The van der Waals surface area contributed by atoms with E-state index in [0.29, 0.717) is 6.61 Å². The third kappa shape index (κ3) is 9.62. The highest BCUT2D eigenvalue weighted by Gasteiger charge is 2.00.